The minimum atomic E-state index is 0.797. The van der Waals surface area contributed by atoms with Crippen LogP contribution in [-0.2, 0) is 0 Å². The largest absolute Gasteiger partial charge is 0.356 e. The van der Waals surface area contributed by atoms with Gasteiger partial charge in [-0.3, -0.25) is 0 Å². The molecule has 3 heterocycles. The number of halogens is 1. The molecular weight excluding hydrogens is 290 g/mol. The third-order valence-corrected chi connectivity index (χ3v) is 4.85. The highest BCUT2D eigenvalue weighted by atomic mass is 79.9. The van der Waals surface area contributed by atoms with Gasteiger partial charge in [0.25, 0.3) is 0 Å². The van der Waals surface area contributed by atoms with E-state index in [1.165, 1.54) is 32.4 Å². The van der Waals surface area contributed by atoms with E-state index in [9.17, 15) is 0 Å². The van der Waals surface area contributed by atoms with E-state index in [0.717, 1.165) is 28.8 Å². The molecule has 0 aromatic carbocycles. The van der Waals surface area contributed by atoms with Crippen molar-refractivity contribution in [1.29, 1.82) is 0 Å². The number of hydrogen-bond donors (Lipinski definition) is 0. The minimum absolute atomic E-state index is 0.797. The van der Waals surface area contributed by atoms with Gasteiger partial charge in [0.2, 0.25) is 0 Å². The zero-order valence-electron chi connectivity index (χ0n) is 10.8. The van der Waals surface area contributed by atoms with E-state index in [1.54, 1.807) is 0 Å². The van der Waals surface area contributed by atoms with E-state index in [1.807, 2.05) is 6.20 Å². The lowest BCUT2D eigenvalue weighted by molar-refractivity contribution is 0.102. The number of likely N-dealkylation sites (tertiary alicyclic amines) is 1. The van der Waals surface area contributed by atoms with Crippen molar-refractivity contribution in [2.75, 3.05) is 31.6 Å². The van der Waals surface area contributed by atoms with Crippen molar-refractivity contribution in [1.82, 2.24) is 9.88 Å². The molecule has 3 rings (SSSR count). The number of hydrogen-bond acceptors (Lipinski definition) is 3. The Labute approximate surface area is 117 Å². The van der Waals surface area contributed by atoms with Crippen molar-refractivity contribution in [3.05, 3.63) is 22.8 Å². The average molecular weight is 310 g/mol. The predicted molar refractivity (Wildman–Crippen MR) is 77.9 cm³/mol. The van der Waals surface area contributed by atoms with Gasteiger partial charge in [-0.15, -0.1) is 0 Å². The Balaban J connectivity index is 1.72. The van der Waals surface area contributed by atoms with Crippen LogP contribution in [0.4, 0.5) is 5.82 Å². The Hall–Kier alpha value is -0.610. The number of pyridine rings is 1. The highest BCUT2D eigenvalue weighted by molar-refractivity contribution is 9.10. The number of anilines is 1. The second kappa shape index (κ2) is 5.17. The Bertz CT molecular complexity index is 406. The van der Waals surface area contributed by atoms with E-state index in [4.69, 9.17) is 0 Å². The Morgan fingerprint density at radius 1 is 1.28 bits per heavy atom. The summed E-state index contributed by atoms with van der Waals surface area (Å²) in [5.74, 6) is 1.95. The summed E-state index contributed by atoms with van der Waals surface area (Å²) in [6.45, 7) is 3.58. The molecule has 18 heavy (non-hydrogen) atoms. The fraction of sp³-hybridized carbons (Fsp3) is 0.643. The van der Waals surface area contributed by atoms with Gasteiger partial charge in [-0.1, -0.05) is 0 Å². The average Bonchev–Trinajstić information content (AvgIpc) is 2.39. The number of nitrogens with zero attached hydrogens (tertiary/aromatic N) is 3. The standard InChI is InChI=1S/C14H20BrN3/c1-17-7-2-3-11-10-18(8-6-13(11)17)14-5-4-12(15)9-16-14/h4-5,9,11,13H,2-3,6-8,10H2,1H3/t11-,13+/m0/s1. The SMILES string of the molecule is CN1CCC[C@H]2CN(c3ccc(Br)cn3)CC[C@H]21. The summed E-state index contributed by atoms with van der Waals surface area (Å²) in [6.07, 6.45) is 5.90. The molecule has 1 aromatic heterocycles. The van der Waals surface area contributed by atoms with Gasteiger partial charge < -0.3 is 9.80 Å². The van der Waals surface area contributed by atoms with Crippen LogP contribution in [0.15, 0.2) is 22.8 Å². The second-order valence-electron chi connectivity index (χ2n) is 5.52. The first kappa shape index (κ1) is 12.4. The van der Waals surface area contributed by atoms with Crippen LogP contribution in [-0.4, -0.2) is 42.6 Å². The molecule has 0 unspecified atom stereocenters. The summed E-state index contributed by atoms with van der Waals surface area (Å²) in [5, 5.41) is 0. The van der Waals surface area contributed by atoms with Gasteiger partial charge >= 0.3 is 0 Å². The van der Waals surface area contributed by atoms with Gasteiger partial charge in [0.05, 0.1) is 0 Å². The number of aromatic nitrogens is 1. The Morgan fingerprint density at radius 2 is 2.17 bits per heavy atom. The van der Waals surface area contributed by atoms with Crippen molar-refractivity contribution in [3.8, 4) is 0 Å². The maximum Gasteiger partial charge on any atom is 0.128 e. The maximum absolute atomic E-state index is 4.52. The molecular formula is C14H20BrN3. The molecule has 2 atom stereocenters. The minimum Gasteiger partial charge on any atom is -0.356 e. The topological polar surface area (TPSA) is 19.4 Å². The van der Waals surface area contributed by atoms with E-state index in [-0.39, 0.29) is 0 Å². The fourth-order valence-corrected chi connectivity index (χ4v) is 3.65. The third kappa shape index (κ3) is 2.41. The van der Waals surface area contributed by atoms with Crippen LogP contribution in [0, 0.1) is 5.92 Å². The zero-order chi connectivity index (χ0) is 12.5. The molecule has 98 valence electrons. The summed E-state index contributed by atoms with van der Waals surface area (Å²) in [5.41, 5.74) is 0. The summed E-state index contributed by atoms with van der Waals surface area (Å²) in [6, 6.07) is 5.00. The smallest absolute Gasteiger partial charge is 0.128 e. The molecule has 2 aliphatic heterocycles. The van der Waals surface area contributed by atoms with E-state index in [0.29, 0.717) is 0 Å². The number of piperidine rings is 2. The summed E-state index contributed by atoms with van der Waals surface area (Å²) >= 11 is 3.45. The lowest BCUT2D eigenvalue weighted by atomic mass is 9.84. The first-order chi connectivity index (χ1) is 8.74. The number of rotatable bonds is 1. The van der Waals surface area contributed by atoms with Gasteiger partial charge in [-0.2, -0.15) is 0 Å². The van der Waals surface area contributed by atoms with Crippen LogP contribution >= 0.6 is 15.9 Å². The lowest BCUT2D eigenvalue weighted by Crippen LogP contribution is -2.52. The van der Waals surface area contributed by atoms with Gasteiger partial charge in [0.15, 0.2) is 0 Å². The summed E-state index contributed by atoms with van der Waals surface area (Å²) in [7, 11) is 2.28. The molecule has 0 N–H and O–H groups in total. The van der Waals surface area contributed by atoms with Crippen LogP contribution in [0.1, 0.15) is 19.3 Å². The van der Waals surface area contributed by atoms with Gasteiger partial charge in [0.1, 0.15) is 5.82 Å². The second-order valence-corrected chi connectivity index (χ2v) is 6.44. The Kier molecular flexibility index (Phi) is 3.57. The molecule has 1 aromatic rings. The molecule has 0 aliphatic carbocycles. The molecule has 0 radical (unpaired) electrons. The third-order valence-electron chi connectivity index (χ3n) is 4.38. The highest BCUT2D eigenvalue weighted by Crippen LogP contribution is 2.31. The molecule has 2 fully saturated rings. The summed E-state index contributed by atoms with van der Waals surface area (Å²) < 4.78 is 1.05. The van der Waals surface area contributed by atoms with E-state index < -0.39 is 0 Å². The molecule has 0 spiro atoms. The molecule has 4 heteroatoms. The molecule has 2 aliphatic rings. The molecule has 0 saturated carbocycles. The number of fused-ring (bicyclic) bond motifs is 1. The van der Waals surface area contributed by atoms with Crippen LogP contribution < -0.4 is 4.90 Å². The predicted octanol–water partition coefficient (Wildman–Crippen LogP) is 2.76. The van der Waals surface area contributed by atoms with Crippen molar-refractivity contribution in [2.24, 2.45) is 5.92 Å². The molecule has 0 bridgehead atoms. The van der Waals surface area contributed by atoms with Crippen LogP contribution in [0.2, 0.25) is 0 Å². The molecule has 0 amide bonds. The van der Waals surface area contributed by atoms with Crippen molar-refractivity contribution in [3.63, 3.8) is 0 Å². The summed E-state index contributed by atoms with van der Waals surface area (Å²) in [4.78, 5) is 9.53. The zero-order valence-corrected chi connectivity index (χ0v) is 12.4. The fourth-order valence-electron chi connectivity index (χ4n) is 3.42. The lowest BCUT2D eigenvalue weighted by Gasteiger charge is -2.46. The van der Waals surface area contributed by atoms with Crippen LogP contribution in [0.3, 0.4) is 0 Å². The Morgan fingerprint density at radius 3 is 2.94 bits per heavy atom. The van der Waals surface area contributed by atoms with Crippen molar-refractivity contribution < 1.29 is 0 Å². The first-order valence-corrected chi connectivity index (χ1v) is 7.60. The van der Waals surface area contributed by atoms with Crippen molar-refractivity contribution >= 4 is 21.7 Å². The van der Waals surface area contributed by atoms with Crippen molar-refractivity contribution in [2.45, 2.75) is 25.3 Å². The van der Waals surface area contributed by atoms with Gasteiger partial charge in [-0.25, -0.2) is 4.98 Å². The van der Waals surface area contributed by atoms with Gasteiger partial charge in [0, 0.05) is 29.8 Å². The van der Waals surface area contributed by atoms with E-state index in [2.05, 4.69) is 49.9 Å². The normalized spacial score (nSPS) is 29.1. The van der Waals surface area contributed by atoms with Crippen LogP contribution in [0.5, 0.6) is 0 Å². The molecule has 3 nitrogen and oxygen atoms in total. The van der Waals surface area contributed by atoms with Crippen LogP contribution in [0.25, 0.3) is 0 Å². The maximum atomic E-state index is 4.52. The molecule has 2 saturated heterocycles. The van der Waals surface area contributed by atoms with Gasteiger partial charge in [-0.05, 0) is 66.8 Å². The van der Waals surface area contributed by atoms with E-state index >= 15 is 0 Å². The first-order valence-electron chi connectivity index (χ1n) is 6.81. The highest BCUT2D eigenvalue weighted by Gasteiger charge is 2.34. The quantitative estimate of drug-likeness (QED) is 0.795. The monoisotopic (exact) mass is 309 g/mol.